The monoisotopic (exact) mass is 1050 g/mol. The average molecular weight is 1060 g/mol. The van der Waals surface area contributed by atoms with Crippen molar-refractivity contribution in [1.29, 1.82) is 0 Å². The van der Waals surface area contributed by atoms with Gasteiger partial charge in [-0.25, -0.2) is 4.79 Å². The van der Waals surface area contributed by atoms with Crippen molar-refractivity contribution in [3.63, 3.8) is 0 Å². The van der Waals surface area contributed by atoms with Crippen LogP contribution in [0.2, 0.25) is 0 Å². The Balaban J connectivity index is 0.992. The Kier molecular flexibility index (Phi) is 23.8. The molecule has 0 heterocycles. The molecule has 0 bridgehead atoms. The molecule has 7 N–H and O–H groups in total. The maximum absolute atomic E-state index is 14.2. The number of aromatic hydroxyl groups is 1. The molecule has 2 aromatic carbocycles. The Morgan fingerprint density at radius 1 is 0.513 bits per heavy atom. The van der Waals surface area contributed by atoms with Crippen molar-refractivity contribution >= 4 is 41.6 Å². The first-order valence-corrected chi connectivity index (χ1v) is 28.8. The summed E-state index contributed by atoms with van der Waals surface area (Å²) >= 11 is 0. The van der Waals surface area contributed by atoms with Crippen molar-refractivity contribution in [3.05, 3.63) is 65.7 Å². The van der Waals surface area contributed by atoms with Crippen LogP contribution in [-0.2, 0) is 51.1 Å². The molecule has 4 fully saturated rings. The van der Waals surface area contributed by atoms with E-state index < -0.39 is 11.7 Å². The summed E-state index contributed by atoms with van der Waals surface area (Å²) in [6, 6.07) is 16.2. The fourth-order valence-corrected chi connectivity index (χ4v) is 12.4. The van der Waals surface area contributed by atoms with Crippen LogP contribution >= 0.6 is 0 Å². The molecular weight excluding hydrogens is 965 g/mol. The second kappa shape index (κ2) is 30.3. The van der Waals surface area contributed by atoms with Crippen LogP contribution < -0.4 is 31.9 Å². The number of phenols is 1. The van der Waals surface area contributed by atoms with E-state index in [1.165, 1.54) is 7.11 Å². The van der Waals surface area contributed by atoms with E-state index in [4.69, 9.17) is 9.47 Å². The highest BCUT2D eigenvalue weighted by molar-refractivity contribution is 5.82. The zero-order valence-corrected chi connectivity index (χ0v) is 46.0. The number of amides is 6. The number of carbonyl (C=O) groups is 7. The Hall–Kier alpha value is -5.67. The number of hydrogen-bond acceptors (Lipinski definition) is 10. The van der Waals surface area contributed by atoms with E-state index in [2.05, 4.69) is 31.9 Å². The Morgan fingerprint density at radius 2 is 0.908 bits per heavy atom. The van der Waals surface area contributed by atoms with Gasteiger partial charge in [0.1, 0.15) is 11.4 Å². The van der Waals surface area contributed by atoms with Crippen LogP contribution in [-0.4, -0.2) is 97.7 Å². The maximum atomic E-state index is 14.2. The highest BCUT2D eigenvalue weighted by Gasteiger charge is 2.37. The first-order chi connectivity index (χ1) is 36.5. The van der Waals surface area contributed by atoms with Gasteiger partial charge in [0, 0.05) is 68.9 Å². The molecule has 10 unspecified atom stereocenters. The van der Waals surface area contributed by atoms with Crippen molar-refractivity contribution in [2.75, 3.05) is 33.3 Å². The van der Waals surface area contributed by atoms with Crippen LogP contribution in [0.1, 0.15) is 160 Å². The predicted molar refractivity (Wildman–Crippen MR) is 291 cm³/mol. The number of methoxy groups -OCH3 is 1. The molecular formula is C60H90N6O10. The van der Waals surface area contributed by atoms with Crippen LogP contribution in [0, 0.1) is 47.3 Å². The summed E-state index contributed by atoms with van der Waals surface area (Å²) in [6.07, 6.45) is 15.7. The molecule has 4 aliphatic rings. The lowest BCUT2D eigenvalue weighted by Crippen LogP contribution is -2.47. The van der Waals surface area contributed by atoms with E-state index in [0.717, 1.165) is 107 Å². The number of alkyl carbamates (subject to hydrolysis) is 1. The molecule has 0 radical (unpaired) electrons. The number of ether oxygens (including phenoxy) is 2. The molecule has 420 valence electrons. The van der Waals surface area contributed by atoms with Gasteiger partial charge in [0.2, 0.25) is 29.5 Å². The van der Waals surface area contributed by atoms with Crippen LogP contribution in [0.3, 0.4) is 0 Å². The number of esters is 1. The minimum absolute atomic E-state index is 0.0203. The van der Waals surface area contributed by atoms with Gasteiger partial charge in [0.25, 0.3) is 0 Å². The van der Waals surface area contributed by atoms with Crippen LogP contribution in [0.25, 0.3) is 0 Å². The van der Waals surface area contributed by atoms with Crippen LogP contribution in [0.5, 0.6) is 5.75 Å². The Labute approximate surface area is 451 Å². The second-order valence-electron chi connectivity index (χ2n) is 23.4. The molecule has 0 aromatic heterocycles. The number of rotatable bonds is 24. The number of phenolic OH excluding ortho intramolecular Hbond substituents is 1. The van der Waals surface area contributed by atoms with Crippen LogP contribution in [0.4, 0.5) is 4.79 Å². The Morgan fingerprint density at radius 3 is 1.37 bits per heavy atom. The zero-order chi connectivity index (χ0) is 54.5. The topological polar surface area (TPSA) is 230 Å². The highest BCUT2D eigenvalue weighted by atomic mass is 16.6. The third-order valence-electron chi connectivity index (χ3n) is 16.6. The first kappa shape index (κ1) is 59.6. The van der Waals surface area contributed by atoms with E-state index in [1.54, 1.807) is 12.1 Å². The van der Waals surface area contributed by atoms with E-state index in [9.17, 15) is 38.7 Å². The van der Waals surface area contributed by atoms with Gasteiger partial charge in [0.15, 0.2) is 0 Å². The molecule has 16 heteroatoms. The SMILES string of the molecule is COC(=O)C1CCCCC1CNC(=O)CCC(Cc1ccc(O)cc1)NC(=O)C1CCCCC1CNC(=O)C1CCCCC1CNC(=O)CCC(Cc1ccccc1)NC(=O)C1CCCCC1CNC(=O)OC(C)(C)C. The maximum Gasteiger partial charge on any atom is 0.407 e. The standard InChI is InChI=1S/C60H90N6O10/c1-60(2,3)76-59(74)64-39-44-20-10-14-24-51(44)57(72)65-46(34-40-16-6-5-7-17-40)28-32-53(68)61-36-42-18-8-12-22-49(42)55(70)63-38-43-19-9-13-23-50(43)56(71)66-47(35-41-26-30-48(67)31-27-41)29-33-54(69)62-37-45-21-11-15-25-52(45)58(73)75-4/h5-7,16-17,26-27,30-31,42-47,49-52,67H,8-15,18-25,28-29,32-39H2,1-4H3,(H,61,68)(H,62,69)(H,63,70)(H,64,74)(H,65,72)(H,66,71). The highest BCUT2D eigenvalue weighted by Crippen LogP contribution is 2.34. The minimum atomic E-state index is -0.620. The third kappa shape index (κ3) is 19.7. The molecule has 0 saturated heterocycles. The molecule has 6 rings (SSSR count). The average Bonchev–Trinajstić information content (AvgIpc) is 3.42. The van der Waals surface area contributed by atoms with Crippen molar-refractivity contribution in [1.82, 2.24) is 31.9 Å². The lowest BCUT2D eigenvalue weighted by atomic mass is 9.77. The number of hydrogen-bond donors (Lipinski definition) is 7. The zero-order valence-electron chi connectivity index (χ0n) is 46.0. The van der Waals surface area contributed by atoms with Gasteiger partial charge in [0.05, 0.1) is 13.0 Å². The molecule has 0 aliphatic heterocycles. The summed E-state index contributed by atoms with van der Waals surface area (Å²) in [5.74, 6) is -1.66. The molecule has 6 amide bonds. The van der Waals surface area contributed by atoms with Gasteiger partial charge >= 0.3 is 12.1 Å². The van der Waals surface area contributed by atoms with E-state index in [1.807, 2.05) is 63.2 Å². The van der Waals surface area contributed by atoms with E-state index in [0.29, 0.717) is 58.3 Å². The molecule has 76 heavy (non-hydrogen) atoms. The van der Waals surface area contributed by atoms with Crippen molar-refractivity contribution < 1.29 is 48.1 Å². The molecule has 16 nitrogen and oxygen atoms in total. The molecule has 10 atom stereocenters. The quantitative estimate of drug-likeness (QED) is 0.0501. The van der Waals surface area contributed by atoms with E-state index >= 15 is 0 Å². The van der Waals surface area contributed by atoms with Gasteiger partial charge in [-0.05, 0) is 145 Å². The number of nitrogens with one attached hydrogen (secondary N) is 6. The smallest absolute Gasteiger partial charge is 0.407 e. The van der Waals surface area contributed by atoms with Crippen molar-refractivity contribution in [2.24, 2.45) is 47.3 Å². The fraction of sp³-hybridized carbons (Fsp3) is 0.683. The molecule has 0 spiro atoms. The summed E-state index contributed by atoms with van der Waals surface area (Å²) in [4.78, 5) is 94.0. The molecule has 4 saturated carbocycles. The van der Waals surface area contributed by atoms with Gasteiger partial charge in [-0.2, -0.15) is 0 Å². The summed E-state index contributed by atoms with van der Waals surface area (Å²) in [6.45, 7) is 6.97. The second-order valence-corrected chi connectivity index (χ2v) is 23.4. The predicted octanol–water partition coefficient (Wildman–Crippen LogP) is 7.98. The normalized spacial score (nSPS) is 24.6. The molecule has 4 aliphatic carbocycles. The summed E-state index contributed by atoms with van der Waals surface area (Å²) in [7, 11) is 1.40. The first-order valence-electron chi connectivity index (χ1n) is 28.8. The largest absolute Gasteiger partial charge is 0.508 e. The summed E-state index contributed by atoms with van der Waals surface area (Å²) in [5, 5.41) is 28.9. The van der Waals surface area contributed by atoms with Gasteiger partial charge in [-0.15, -0.1) is 0 Å². The lowest BCUT2D eigenvalue weighted by Gasteiger charge is -2.34. The van der Waals surface area contributed by atoms with Gasteiger partial charge < -0.3 is 46.5 Å². The Bertz CT molecular complexity index is 2180. The third-order valence-corrected chi connectivity index (χ3v) is 16.6. The summed E-state index contributed by atoms with van der Waals surface area (Å²) < 4.78 is 10.5. The van der Waals surface area contributed by atoms with Crippen molar-refractivity contribution in [2.45, 2.75) is 180 Å². The number of carbonyl (C=O) groups excluding carboxylic acids is 7. The lowest BCUT2D eigenvalue weighted by molar-refractivity contribution is -0.149. The number of benzene rings is 2. The van der Waals surface area contributed by atoms with E-state index in [-0.39, 0.29) is 114 Å². The van der Waals surface area contributed by atoms with Crippen LogP contribution in [0.15, 0.2) is 54.6 Å². The van der Waals surface area contributed by atoms with Gasteiger partial charge in [-0.1, -0.05) is 93.8 Å². The molecule has 2 aromatic rings. The minimum Gasteiger partial charge on any atom is -0.508 e. The summed E-state index contributed by atoms with van der Waals surface area (Å²) in [5.41, 5.74) is 1.36. The fourth-order valence-electron chi connectivity index (χ4n) is 12.4. The van der Waals surface area contributed by atoms with Crippen molar-refractivity contribution in [3.8, 4) is 5.75 Å². The van der Waals surface area contributed by atoms with Gasteiger partial charge in [-0.3, -0.25) is 28.8 Å².